The van der Waals surface area contributed by atoms with Gasteiger partial charge in [0.15, 0.2) is 0 Å². The molecule has 0 aromatic rings. The molecule has 0 fully saturated rings. The Hall–Kier alpha value is 0.924. The third-order valence-corrected chi connectivity index (χ3v) is 0. The molecule has 0 spiro atoms. The molecule has 0 aliphatic carbocycles. The molecule has 0 aromatic heterocycles. The zero-order chi connectivity index (χ0) is 2.71. The third kappa shape index (κ3) is 12.7. The number of rotatable bonds is 0. The molecule has 0 aliphatic heterocycles. The van der Waals surface area contributed by atoms with Gasteiger partial charge >= 0.3 is 0 Å². The first-order valence-corrected chi connectivity index (χ1v) is 0.750. The minimum atomic E-state index is 0. The zero-order valence-corrected chi connectivity index (χ0v) is 6.28. The van der Waals surface area contributed by atoms with Crippen LogP contribution >= 0.6 is 0 Å². The largest absolute Gasteiger partial charge is 0.694 e. The van der Waals surface area contributed by atoms with Gasteiger partial charge in [0.1, 0.15) is 0 Å². The molecule has 0 aliphatic rings. The Morgan fingerprint density at radius 1 is 1.75 bits per heavy atom. The molecule has 0 heterocycles. The minimum absolute atomic E-state index is 0. The van der Waals surface area contributed by atoms with Crippen LogP contribution in [0.15, 0.2) is 0 Å². The van der Waals surface area contributed by atoms with Crippen LogP contribution in [0.3, 0.4) is 0 Å². The van der Waals surface area contributed by atoms with Crippen LogP contribution in [0.2, 0.25) is 0 Å². The van der Waals surface area contributed by atoms with Gasteiger partial charge in [-0.15, -0.1) is 0 Å². The predicted molar refractivity (Wildman–Crippen MR) is 12.8 cm³/mol. The Morgan fingerprint density at radius 3 is 1.75 bits per heavy atom. The molecule has 0 aromatic carbocycles. The summed E-state index contributed by atoms with van der Waals surface area (Å²) in [6, 6.07) is 0. The molecular formula is C3H3Pr-. The average Bonchev–Trinajstić information content (AvgIpc) is 0.918. The van der Waals surface area contributed by atoms with E-state index in [4.69, 9.17) is 6.42 Å². The Bertz CT molecular complexity index is 24.8. The van der Waals surface area contributed by atoms with E-state index < -0.39 is 0 Å². The Balaban J connectivity index is 0. The zero-order valence-electron chi connectivity index (χ0n) is 2.58. The first-order valence-electron chi connectivity index (χ1n) is 0.750. The van der Waals surface area contributed by atoms with E-state index in [0.717, 1.165) is 0 Å². The quantitative estimate of drug-likeness (QED) is 0.378. The predicted octanol–water partition coefficient (Wildman–Crippen LogP) is 0.596. The molecule has 0 saturated heterocycles. The van der Waals surface area contributed by atoms with E-state index in [1.54, 1.807) is 6.92 Å². The van der Waals surface area contributed by atoms with Crippen molar-refractivity contribution in [3.05, 3.63) is 6.42 Å². The summed E-state index contributed by atoms with van der Waals surface area (Å²) in [5.74, 6) is 2.00. The molecule has 1 heteroatoms. The summed E-state index contributed by atoms with van der Waals surface area (Å²) >= 11 is 0. The second-order valence-corrected chi connectivity index (χ2v) is 0.250. The molecule has 0 saturated carbocycles. The SMILES string of the molecule is [C-]#CC.[Pr]. The van der Waals surface area contributed by atoms with Crippen molar-refractivity contribution in [2.75, 3.05) is 0 Å². The van der Waals surface area contributed by atoms with Gasteiger partial charge in [0.05, 0.1) is 0 Å². The van der Waals surface area contributed by atoms with Gasteiger partial charge in [0, 0.05) is 41.3 Å². The first kappa shape index (κ1) is 8.87. The summed E-state index contributed by atoms with van der Waals surface area (Å²) < 4.78 is 0. The molecule has 0 rings (SSSR count). The van der Waals surface area contributed by atoms with Crippen molar-refractivity contribution in [2.45, 2.75) is 6.92 Å². The van der Waals surface area contributed by atoms with E-state index in [1.807, 2.05) is 5.92 Å². The van der Waals surface area contributed by atoms with Crippen LogP contribution < -0.4 is 0 Å². The van der Waals surface area contributed by atoms with Gasteiger partial charge in [-0.2, -0.15) is 0 Å². The van der Waals surface area contributed by atoms with Crippen LogP contribution in [0.5, 0.6) is 0 Å². The van der Waals surface area contributed by atoms with Gasteiger partial charge in [-0.05, 0) is 6.92 Å². The fourth-order valence-electron chi connectivity index (χ4n) is 0. The van der Waals surface area contributed by atoms with E-state index in [0.29, 0.717) is 0 Å². The van der Waals surface area contributed by atoms with Gasteiger partial charge in [-0.3, -0.25) is 0 Å². The van der Waals surface area contributed by atoms with Crippen molar-refractivity contribution in [1.29, 1.82) is 0 Å². The number of hydrogen-bond acceptors (Lipinski definition) is 0. The Labute approximate surface area is 59.9 Å². The van der Waals surface area contributed by atoms with E-state index in [-0.39, 0.29) is 41.3 Å². The van der Waals surface area contributed by atoms with Crippen LogP contribution in [0.25, 0.3) is 0 Å². The molecule has 1 radical (unpaired) electrons. The Morgan fingerprint density at radius 2 is 1.75 bits per heavy atom. The van der Waals surface area contributed by atoms with Gasteiger partial charge in [0.25, 0.3) is 0 Å². The summed E-state index contributed by atoms with van der Waals surface area (Å²) in [7, 11) is 0. The minimum Gasteiger partial charge on any atom is -0.694 e. The average molecular weight is 180 g/mol. The first-order chi connectivity index (χ1) is 1.41. The topological polar surface area (TPSA) is 0 Å². The van der Waals surface area contributed by atoms with Gasteiger partial charge in [-0.25, -0.2) is 0 Å². The second-order valence-electron chi connectivity index (χ2n) is 0.250. The van der Waals surface area contributed by atoms with Gasteiger partial charge in [0.2, 0.25) is 0 Å². The van der Waals surface area contributed by atoms with Crippen LogP contribution in [0.4, 0.5) is 0 Å². The molecule has 0 amide bonds. The van der Waals surface area contributed by atoms with Crippen LogP contribution in [-0.2, 0) is 0 Å². The summed E-state index contributed by atoms with van der Waals surface area (Å²) in [4.78, 5) is 0. The van der Waals surface area contributed by atoms with E-state index >= 15 is 0 Å². The van der Waals surface area contributed by atoms with Crippen molar-refractivity contribution in [3.8, 4) is 5.92 Å². The summed E-state index contributed by atoms with van der Waals surface area (Å²) in [6.07, 6.45) is 5.96. The smallest absolute Gasteiger partial charge is 0 e. The van der Waals surface area contributed by atoms with Crippen LogP contribution in [0, 0.1) is 53.6 Å². The van der Waals surface area contributed by atoms with Crippen molar-refractivity contribution in [1.82, 2.24) is 0 Å². The van der Waals surface area contributed by atoms with E-state index in [1.165, 1.54) is 0 Å². The Kier molecular flexibility index (Phi) is 20.1. The molecule has 0 bridgehead atoms. The third-order valence-electron chi connectivity index (χ3n) is 0. The molecule has 19 valence electrons. The molecule has 4 heavy (non-hydrogen) atoms. The van der Waals surface area contributed by atoms with Crippen molar-refractivity contribution < 1.29 is 41.3 Å². The molecule has 0 N–H and O–H groups in total. The summed E-state index contributed by atoms with van der Waals surface area (Å²) in [6.45, 7) is 1.54. The maximum absolute atomic E-state index is 5.96. The molecular weight excluding hydrogens is 177 g/mol. The van der Waals surface area contributed by atoms with E-state index in [2.05, 4.69) is 0 Å². The monoisotopic (exact) mass is 180 g/mol. The molecule has 0 nitrogen and oxygen atoms in total. The summed E-state index contributed by atoms with van der Waals surface area (Å²) in [5, 5.41) is 0. The normalized spacial score (nSPS) is 2.00. The van der Waals surface area contributed by atoms with Crippen molar-refractivity contribution in [2.24, 2.45) is 0 Å². The fraction of sp³-hybridized carbons (Fsp3) is 0.333. The molecule has 0 atom stereocenters. The van der Waals surface area contributed by atoms with Crippen molar-refractivity contribution >= 4 is 0 Å². The summed E-state index contributed by atoms with van der Waals surface area (Å²) in [5.41, 5.74) is 0. The maximum atomic E-state index is 5.96. The maximum Gasteiger partial charge on any atom is 0 e. The van der Waals surface area contributed by atoms with Crippen LogP contribution in [0.1, 0.15) is 6.92 Å². The van der Waals surface area contributed by atoms with Gasteiger partial charge < -0.3 is 12.3 Å². The van der Waals surface area contributed by atoms with Gasteiger partial charge in [-0.1, -0.05) is 0 Å². The van der Waals surface area contributed by atoms with E-state index in [9.17, 15) is 0 Å². The second kappa shape index (κ2) is 9.06. The number of hydrogen-bond donors (Lipinski definition) is 0. The van der Waals surface area contributed by atoms with Crippen molar-refractivity contribution in [3.63, 3.8) is 0 Å². The standard InChI is InChI=1S/C3H3.Pr/c1-3-2;/h1H3;/q-1;. The molecule has 0 unspecified atom stereocenters. The fourth-order valence-corrected chi connectivity index (χ4v) is 0. The van der Waals surface area contributed by atoms with Crippen LogP contribution in [-0.4, -0.2) is 0 Å².